The zero-order valence-electron chi connectivity index (χ0n) is 13.6. The molecule has 0 saturated heterocycles. The average molecular weight is 333 g/mol. The van der Waals surface area contributed by atoms with Crippen LogP contribution >= 0.6 is 0 Å². The Hall–Kier alpha value is -3.21. The van der Waals surface area contributed by atoms with Crippen molar-refractivity contribution >= 4 is 17.1 Å². The topological polar surface area (TPSA) is 69.4 Å². The van der Waals surface area contributed by atoms with Crippen LogP contribution in [0.1, 0.15) is 13.3 Å². The van der Waals surface area contributed by atoms with Crippen LogP contribution in [0.2, 0.25) is 0 Å². The predicted octanol–water partition coefficient (Wildman–Crippen LogP) is 3.72. The fourth-order valence-corrected chi connectivity index (χ4v) is 2.69. The molecule has 0 bridgehead atoms. The molecular weight excluding hydrogens is 318 g/mol. The van der Waals surface area contributed by atoms with Crippen molar-refractivity contribution in [3.05, 3.63) is 70.4 Å². The maximum absolute atomic E-state index is 12.2. The second-order valence-corrected chi connectivity index (χ2v) is 6.09. The Morgan fingerprint density at radius 2 is 2.12 bits per heavy atom. The van der Waals surface area contributed by atoms with Gasteiger partial charge in [-0.25, -0.2) is 9.78 Å². The molecule has 0 N–H and O–H groups in total. The molecule has 1 aromatic rings. The van der Waals surface area contributed by atoms with Gasteiger partial charge in [-0.2, -0.15) is 0 Å². The third kappa shape index (κ3) is 3.08. The normalized spacial score (nSPS) is 16.8. The highest BCUT2D eigenvalue weighted by Gasteiger charge is 2.15. The summed E-state index contributed by atoms with van der Waals surface area (Å²) < 4.78 is 11.2. The highest BCUT2D eigenvalue weighted by molar-refractivity contribution is 5.93. The summed E-state index contributed by atoms with van der Waals surface area (Å²) in [6, 6.07) is 9.45. The van der Waals surface area contributed by atoms with Crippen LogP contribution in [0.5, 0.6) is 5.75 Å². The molecule has 0 spiro atoms. The van der Waals surface area contributed by atoms with Gasteiger partial charge in [0.25, 0.3) is 0 Å². The van der Waals surface area contributed by atoms with Crippen molar-refractivity contribution in [1.29, 1.82) is 0 Å². The van der Waals surface area contributed by atoms with Gasteiger partial charge < -0.3 is 9.15 Å². The zero-order valence-corrected chi connectivity index (χ0v) is 13.6. The van der Waals surface area contributed by atoms with E-state index in [2.05, 4.69) is 11.9 Å². The van der Waals surface area contributed by atoms with E-state index in [1.807, 2.05) is 12.2 Å². The van der Waals surface area contributed by atoms with Crippen molar-refractivity contribution in [3.63, 3.8) is 0 Å². The van der Waals surface area contributed by atoms with Crippen LogP contribution in [-0.4, -0.2) is 11.0 Å². The highest BCUT2D eigenvalue weighted by atomic mass is 16.5. The van der Waals surface area contributed by atoms with Crippen molar-refractivity contribution in [2.45, 2.75) is 13.3 Å². The first-order valence-corrected chi connectivity index (χ1v) is 8.04. The van der Waals surface area contributed by atoms with Gasteiger partial charge in [0.2, 0.25) is 0 Å². The summed E-state index contributed by atoms with van der Waals surface area (Å²) in [5, 5.41) is 0. The number of nitrogens with zero attached hydrogens (tertiary/aromatic N) is 1. The van der Waals surface area contributed by atoms with Gasteiger partial charge >= 0.3 is 5.97 Å². The third-order valence-electron chi connectivity index (χ3n) is 4.08. The van der Waals surface area contributed by atoms with Crippen LogP contribution < -0.4 is 10.2 Å². The van der Waals surface area contributed by atoms with Gasteiger partial charge in [-0.3, -0.25) is 4.79 Å². The molecule has 0 amide bonds. The van der Waals surface area contributed by atoms with Gasteiger partial charge in [0.1, 0.15) is 17.0 Å². The van der Waals surface area contributed by atoms with Gasteiger partial charge in [0, 0.05) is 12.1 Å². The van der Waals surface area contributed by atoms with Crippen LogP contribution in [0.3, 0.4) is 0 Å². The minimum atomic E-state index is -0.405. The largest absolute Gasteiger partial charge is 0.453 e. The standard InChI is InChI=1S/C20H15NO4/c1-12-2-4-13(5-3-12)20(23)24-15-7-9-17-19(11-15)25-18-10-14(22)6-8-16(18)21-17/h2,4-12H,3H2,1H3. The first-order chi connectivity index (χ1) is 12.1. The van der Waals surface area contributed by atoms with E-state index in [0.717, 1.165) is 6.42 Å². The van der Waals surface area contributed by atoms with Gasteiger partial charge in [0.15, 0.2) is 16.8 Å². The van der Waals surface area contributed by atoms with Gasteiger partial charge in [-0.05, 0) is 36.6 Å². The van der Waals surface area contributed by atoms with Crippen LogP contribution in [0, 0.1) is 5.92 Å². The highest BCUT2D eigenvalue weighted by Crippen LogP contribution is 2.27. The molecular formula is C20H15NO4. The molecule has 1 heterocycles. The molecule has 0 saturated carbocycles. The van der Waals surface area contributed by atoms with Crippen molar-refractivity contribution in [2.75, 3.05) is 0 Å². The summed E-state index contributed by atoms with van der Waals surface area (Å²) in [4.78, 5) is 28.1. The molecule has 3 aliphatic rings. The van der Waals surface area contributed by atoms with E-state index in [1.165, 1.54) is 12.1 Å². The van der Waals surface area contributed by atoms with E-state index in [9.17, 15) is 9.59 Å². The molecule has 5 heteroatoms. The SMILES string of the molecule is CC1C=CC(C(=O)Oc2ccc3nc4ccc(=O)cc-4oc3c2)=CC1. The van der Waals surface area contributed by atoms with Gasteiger partial charge in [-0.1, -0.05) is 25.2 Å². The van der Waals surface area contributed by atoms with E-state index >= 15 is 0 Å². The Balaban J connectivity index is 1.66. The lowest BCUT2D eigenvalue weighted by Crippen LogP contribution is -2.12. The Kier molecular flexibility index (Phi) is 3.69. The Bertz CT molecular complexity index is 1060. The quantitative estimate of drug-likeness (QED) is 0.406. The van der Waals surface area contributed by atoms with Crippen molar-refractivity contribution in [1.82, 2.24) is 4.98 Å². The number of esters is 1. The fraction of sp³-hybridized carbons (Fsp3) is 0.150. The smallest absolute Gasteiger partial charge is 0.343 e. The molecule has 0 aromatic heterocycles. The van der Waals surface area contributed by atoms with Gasteiger partial charge in [-0.15, -0.1) is 0 Å². The molecule has 0 fully saturated rings. The molecule has 2 aliphatic carbocycles. The Labute approximate surface area is 143 Å². The van der Waals surface area contributed by atoms with Crippen LogP contribution in [0.15, 0.2) is 69.4 Å². The predicted molar refractivity (Wildman–Crippen MR) is 93.5 cm³/mol. The summed E-state index contributed by atoms with van der Waals surface area (Å²) in [6.45, 7) is 2.09. The lowest BCUT2D eigenvalue weighted by atomic mass is 9.99. The van der Waals surface area contributed by atoms with E-state index in [1.54, 1.807) is 30.3 Å². The lowest BCUT2D eigenvalue weighted by Gasteiger charge is -2.11. The molecule has 5 nitrogen and oxygen atoms in total. The molecule has 1 aromatic carbocycles. The number of carbonyl (C=O) groups is 1. The maximum atomic E-state index is 12.2. The number of rotatable bonds is 2. The summed E-state index contributed by atoms with van der Waals surface area (Å²) in [5.74, 6) is 0.795. The molecule has 4 rings (SSSR count). The van der Waals surface area contributed by atoms with Crippen LogP contribution in [0.25, 0.3) is 22.6 Å². The number of fused-ring (bicyclic) bond motifs is 2. The minimum Gasteiger partial charge on any atom is -0.453 e. The molecule has 25 heavy (non-hydrogen) atoms. The van der Waals surface area contributed by atoms with E-state index < -0.39 is 5.97 Å². The summed E-state index contributed by atoms with van der Waals surface area (Å²) >= 11 is 0. The molecule has 1 unspecified atom stereocenters. The number of benzene rings is 2. The van der Waals surface area contributed by atoms with Crippen LogP contribution in [-0.2, 0) is 4.79 Å². The molecule has 0 radical (unpaired) electrons. The second-order valence-electron chi connectivity index (χ2n) is 6.09. The van der Waals surface area contributed by atoms with Crippen molar-refractivity contribution in [3.8, 4) is 17.2 Å². The van der Waals surface area contributed by atoms with Crippen molar-refractivity contribution in [2.24, 2.45) is 5.92 Å². The number of carbonyl (C=O) groups excluding carboxylic acids is 1. The molecule has 124 valence electrons. The van der Waals surface area contributed by atoms with Crippen molar-refractivity contribution < 1.29 is 13.9 Å². The molecule has 1 aliphatic heterocycles. The first-order valence-electron chi connectivity index (χ1n) is 8.04. The molecule has 1 atom stereocenters. The first kappa shape index (κ1) is 15.3. The zero-order chi connectivity index (χ0) is 17.4. The number of aromatic nitrogens is 1. The second kappa shape index (κ2) is 6.02. The summed E-state index contributed by atoms with van der Waals surface area (Å²) in [5.41, 5.74) is 2.07. The Morgan fingerprint density at radius 3 is 2.92 bits per heavy atom. The summed E-state index contributed by atoms with van der Waals surface area (Å²) in [7, 11) is 0. The maximum Gasteiger partial charge on any atom is 0.343 e. The minimum absolute atomic E-state index is 0.148. The number of allylic oxidation sites excluding steroid dienone is 2. The van der Waals surface area contributed by atoms with E-state index in [4.69, 9.17) is 9.15 Å². The lowest BCUT2D eigenvalue weighted by molar-refractivity contribution is -0.129. The van der Waals surface area contributed by atoms with Crippen LogP contribution in [0.4, 0.5) is 0 Å². The number of ether oxygens (including phenoxy) is 1. The van der Waals surface area contributed by atoms with E-state index in [-0.39, 0.29) is 5.43 Å². The van der Waals surface area contributed by atoms with Gasteiger partial charge in [0.05, 0.1) is 5.57 Å². The fourth-order valence-electron chi connectivity index (χ4n) is 2.69. The van der Waals surface area contributed by atoms with E-state index in [0.29, 0.717) is 39.8 Å². The average Bonchev–Trinajstić information content (AvgIpc) is 2.60. The number of hydrogen-bond donors (Lipinski definition) is 0. The summed E-state index contributed by atoms with van der Waals surface area (Å²) in [6.07, 6.45) is 6.47. The third-order valence-corrected chi connectivity index (χ3v) is 4.08. The number of hydrogen-bond acceptors (Lipinski definition) is 5. The Morgan fingerprint density at radius 1 is 1.24 bits per heavy atom. The monoisotopic (exact) mass is 333 g/mol.